The molecule has 1 unspecified atom stereocenters. The van der Waals surface area contributed by atoms with Crippen molar-refractivity contribution in [2.24, 2.45) is 0 Å². The number of aliphatic carboxylic acids is 1. The van der Waals surface area contributed by atoms with Gasteiger partial charge in [-0.3, -0.25) is 9.69 Å². The van der Waals surface area contributed by atoms with Gasteiger partial charge in [0.2, 0.25) is 0 Å². The number of carbonyl (C=O) groups is 1. The molecule has 0 aromatic heterocycles. The van der Waals surface area contributed by atoms with Crippen molar-refractivity contribution < 1.29 is 45.7 Å². The van der Waals surface area contributed by atoms with Crippen LogP contribution < -0.4 is 4.74 Å². The Morgan fingerprint density at radius 1 is 1.06 bits per heavy atom. The predicted molar refractivity (Wildman–Crippen MR) is 100 cm³/mol. The van der Waals surface area contributed by atoms with Gasteiger partial charge >= 0.3 is 18.3 Å². The van der Waals surface area contributed by atoms with E-state index < -0.39 is 35.2 Å². The van der Waals surface area contributed by atoms with Gasteiger partial charge in [-0.25, -0.2) is 0 Å². The van der Waals surface area contributed by atoms with Crippen LogP contribution in [0.2, 0.25) is 0 Å². The Morgan fingerprint density at radius 3 is 2.34 bits per heavy atom. The van der Waals surface area contributed by atoms with E-state index in [1.54, 1.807) is 12.1 Å². The third kappa shape index (κ3) is 6.13. The molecule has 1 aliphatic rings. The van der Waals surface area contributed by atoms with E-state index in [0.29, 0.717) is 50.0 Å². The Bertz CT molecular complexity index is 943. The van der Waals surface area contributed by atoms with Gasteiger partial charge in [0.05, 0.1) is 30.3 Å². The Hall–Kier alpha value is -2.79. The van der Waals surface area contributed by atoms with Crippen molar-refractivity contribution in [1.82, 2.24) is 4.90 Å². The summed E-state index contributed by atoms with van der Waals surface area (Å²) in [6.45, 7) is 1.73. The SMILES string of the molecule is O=C(O)CCN1CCOC(c2ccc(Oc3cc(C(F)(F)F)ccc3C(F)(F)F)cc2)C1. The Labute approximate surface area is 179 Å². The molecule has 32 heavy (non-hydrogen) atoms. The summed E-state index contributed by atoms with van der Waals surface area (Å²) in [7, 11) is 0. The van der Waals surface area contributed by atoms with Crippen molar-refractivity contribution in [2.75, 3.05) is 26.2 Å². The van der Waals surface area contributed by atoms with Crippen LogP contribution in [0.3, 0.4) is 0 Å². The number of carboxylic acid groups (broad SMARTS) is 1. The maximum absolute atomic E-state index is 13.2. The number of hydrogen-bond acceptors (Lipinski definition) is 4. The van der Waals surface area contributed by atoms with Crippen LogP contribution in [0.4, 0.5) is 26.3 Å². The van der Waals surface area contributed by atoms with Crippen LogP contribution in [0, 0.1) is 0 Å². The normalized spacial score (nSPS) is 17.9. The standard InChI is InChI=1S/C21H19F6NO4/c22-20(23,24)14-3-6-16(21(25,26)27)17(11-14)32-15-4-1-13(2-5-15)18-12-28(9-10-31-18)8-7-19(29)30/h1-6,11,18H,7-10,12H2,(H,29,30). The van der Waals surface area contributed by atoms with Crippen molar-refractivity contribution in [2.45, 2.75) is 24.9 Å². The van der Waals surface area contributed by atoms with Gasteiger partial charge in [0.25, 0.3) is 0 Å². The number of carboxylic acids is 1. The third-order valence-corrected chi connectivity index (χ3v) is 4.89. The summed E-state index contributed by atoms with van der Waals surface area (Å²) in [5.41, 5.74) is -1.90. The molecule has 5 nitrogen and oxygen atoms in total. The zero-order valence-corrected chi connectivity index (χ0v) is 16.5. The topological polar surface area (TPSA) is 59.0 Å². The number of rotatable bonds is 6. The van der Waals surface area contributed by atoms with Gasteiger partial charge in [-0.05, 0) is 35.9 Å². The summed E-state index contributed by atoms with van der Waals surface area (Å²) in [4.78, 5) is 12.7. The Morgan fingerprint density at radius 2 is 1.75 bits per heavy atom. The smallest absolute Gasteiger partial charge is 0.419 e. The molecule has 0 amide bonds. The number of alkyl halides is 6. The average Bonchev–Trinajstić information content (AvgIpc) is 2.71. The first-order valence-electron chi connectivity index (χ1n) is 9.55. The largest absolute Gasteiger partial charge is 0.481 e. The lowest BCUT2D eigenvalue weighted by Crippen LogP contribution is -2.39. The lowest BCUT2D eigenvalue weighted by atomic mass is 10.1. The fourth-order valence-electron chi connectivity index (χ4n) is 3.26. The van der Waals surface area contributed by atoms with Gasteiger partial charge in [0, 0.05) is 19.6 Å². The molecule has 1 heterocycles. The van der Waals surface area contributed by atoms with Crippen LogP contribution in [0.5, 0.6) is 11.5 Å². The van der Waals surface area contributed by atoms with Crippen LogP contribution >= 0.6 is 0 Å². The first-order valence-corrected chi connectivity index (χ1v) is 9.55. The molecule has 0 bridgehead atoms. The summed E-state index contributed by atoms with van der Waals surface area (Å²) in [5.74, 6) is -1.94. The highest BCUT2D eigenvalue weighted by atomic mass is 19.4. The summed E-state index contributed by atoms with van der Waals surface area (Å²) in [5, 5.41) is 8.81. The second-order valence-electron chi connectivity index (χ2n) is 7.18. The third-order valence-electron chi connectivity index (χ3n) is 4.89. The highest BCUT2D eigenvalue weighted by Gasteiger charge is 2.38. The second kappa shape index (κ2) is 9.37. The Balaban J connectivity index is 1.76. The van der Waals surface area contributed by atoms with E-state index in [1.165, 1.54) is 12.1 Å². The van der Waals surface area contributed by atoms with E-state index in [0.717, 1.165) is 0 Å². The maximum atomic E-state index is 13.2. The number of halogens is 6. The summed E-state index contributed by atoms with van der Waals surface area (Å²) in [6.07, 6.45) is -10.1. The first-order chi connectivity index (χ1) is 14.9. The minimum atomic E-state index is -4.89. The van der Waals surface area contributed by atoms with Crippen molar-refractivity contribution in [3.63, 3.8) is 0 Å². The van der Waals surface area contributed by atoms with E-state index in [9.17, 15) is 31.1 Å². The van der Waals surface area contributed by atoms with Crippen LogP contribution in [0.25, 0.3) is 0 Å². The molecule has 11 heteroatoms. The molecule has 1 atom stereocenters. The molecule has 1 N–H and O–H groups in total. The molecule has 174 valence electrons. The second-order valence-corrected chi connectivity index (χ2v) is 7.18. The molecule has 0 radical (unpaired) electrons. The maximum Gasteiger partial charge on any atom is 0.419 e. The highest BCUT2D eigenvalue weighted by Crippen LogP contribution is 2.41. The lowest BCUT2D eigenvalue weighted by Gasteiger charge is -2.32. The van der Waals surface area contributed by atoms with E-state index in [2.05, 4.69) is 0 Å². The zero-order valence-electron chi connectivity index (χ0n) is 16.5. The van der Waals surface area contributed by atoms with Gasteiger partial charge in [-0.15, -0.1) is 0 Å². The quantitative estimate of drug-likeness (QED) is 0.585. The fourth-order valence-corrected chi connectivity index (χ4v) is 3.26. The Kier molecular flexibility index (Phi) is 6.99. The summed E-state index contributed by atoms with van der Waals surface area (Å²) >= 11 is 0. The van der Waals surface area contributed by atoms with Gasteiger partial charge in [-0.1, -0.05) is 12.1 Å². The number of morpholine rings is 1. The molecule has 0 spiro atoms. The van der Waals surface area contributed by atoms with Crippen LogP contribution in [-0.2, 0) is 21.9 Å². The molecule has 3 rings (SSSR count). The molecular weight excluding hydrogens is 444 g/mol. The number of hydrogen-bond donors (Lipinski definition) is 1. The van der Waals surface area contributed by atoms with Crippen molar-refractivity contribution >= 4 is 5.97 Å². The minimum Gasteiger partial charge on any atom is -0.481 e. The molecule has 0 saturated carbocycles. The van der Waals surface area contributed by atoms with E-state index in [-0.39, 0.29) is 18.3 Å². The zero-order chi connectivity index (χ0) is 23.5. The molecular formula is C21H19F6NO4. The molecule has 1 fully saturated rings. The molecule has 1 saturated heterocycles. The van der Waals surface area contributed by atoms with Crippen LogP contribution in [0.15, 0.2) is 42.5 Å². The van der Waals surface area contributed by atoms with Gasteiger partial charge < -0.3 is 14.6 Å². The van der Waals surface area contributed by atoms with Crippen LogP contribution in [0.1, 0.15) is 29.2 Å². The first kappa shape index (κ1) is 23.9. The van der Waals surface area contributed by atoms with E-state index >= 15 is 0 Å². The number of ether oxygens (including phenoxy) is 2. The van der Waals surface area contributed by atoms with Gasteiger partial charge in [-0.2, -0.15) is 26.3 Å². The number of nitrogens with zero attached hydrogens (tertiary/aromatic N) is 1. The molecule has 1 aliphatic heterocycles. The number of benzene rings is 2. The van der Waals surface area contributed by atoms with Crippen LogP contribution in [-0.4, -0.2) is 42.2 Å². The highest BCUT2D eigenvalue weighted by molar-refractivity contribution is 5.66. The van der Waals surface area contributed by atoms with E-state index in [1.807, 2.05) is 4.90 Å². The molecule has 2 aromatic rings. The summed E-state index contributed by atoms with van der Waals surface area (Å²) < 4.78 is 89.3. The molecule has 0 aliphatic carbocycles. The van der Waals surface area contributed by atoms with Crippen molar-refractivity contribution in [1.29, 1.82) is 0 Å². The monoisotopic (exact) mass is 463 g/mol. The summed E-state index contributed by atoms with van der Waals surface area (Å²) in [6, 6.07) is 6.79. The molecule has 2 aromatic carbocycles. The van der Waals surface area contributed by atoms with Crippen molar-refractivity contribution in [3.8, 4) is 11.5 Å². The van der Waals surface area contributed by atoms with Gasteiger partial charge in [0.1, 0.15) is 11.5 Å². The van der Waals surface area contributed by atoms with Crippen molar-refractivity contribution in [3.05, 3.63) is 59.2 Å². The fraction of sp³-hybridized carbons (Fsp3) is 0.381. The van der Waals surface area contributed by atoms with Gasteiger partial charge in [0.15, 0.2) is 0 Å². The lowest BCUT2D eigenvalue weighted by molar-refractivity contribution is -0.142. The average molecular weight is 463 g/mol. The minimum absolute atomic E-state index is 0.0158. The van der Waals surface area contributed by atoms with E-state index in [4.69, 9.17) is 14.6 Å². The predicted octanol–water partition coefficient (Wildman–Crippen LogP) is 5.36.